The average Bonchev–Trinajstić information content (AvgIpc) is 3.46. The molecule has 0 atom stereocenters. The number of hydrogen-bond acceptors (Lipinski definition) is 7. The number of nitrogens with zero attached hydrogens (tertiary/aromatic N) is 4. The summed E-state index contributed by atoms with van der Waals surface area (Å²) >= 11 is 0. The number of halogens is 2. The largest absolute Gasteiger partial charge is 0.454 e. The van der Waals surface area contributed by atoms with E-state index in [9.17, 15) is 8.78 Å². The van der Waals surface area contributed by atoms with Crippen LogP contribution in [-0.4, -0.2) is 26.5 Å². The van der Waals surface area contributed by atoms with Gasteiger partial charge < -0.3 is 20.5 Å². The highest BCUT2D eigenvalue weighted by Crippen LogP contribution is 2.34. The maximum atomic E-state index is 14.1. The Morgan fingerprint density at radius 1 is 0.914 bits per heavy atom. The fourth-order valence-corrected chi connectivity index (χ4v) is 3.97. The molecule has 0 saturated carbocycles. The van der Waals surface area contributed by atoms with Crippen molar-refractivity contribution in [3.05, 3.63) is 83.9 Å². The van der Waals surface area contributed by atoms with E-state index in [1.54, 1.807) is 24.3 Å². The van der Waals surface area contributed by atoms with E-state index in [1.165, 1.54) is 28.9 Å². The van der Waals surface area contributed by atoms with Gasteiger partial charge in [-0.25, -0.2) is 18.4 Å². The lowest BCUT2D eigenvalue weighted by molar-refractivity contribution is 0.174. The van der Waals surface area contributed by atoms with E-state index >= 15 is 0 Å². The summed E-state index contributed by atoms with van der Waals surface area (Å²) in [5.41, 5.74) is 8.98. The first-order valence-corrected chi connectivity index (χ1v) is 10.8. The fraction of sp³-hybridized carbons (Fsp3) is 0.0800. The SMILES string of the molecule is Nc1c2c(-c3cccc(F)c3)nc(NCc3ccc4c(c3)OCO4)nc2nn1-c1cccc(F)c1. The highest BCUT2D eigenvalue weighted by Gasteiger charge is 2.20. The lowest BCUT2D eigenvalue weighted by atomic mass is 10.1. The van der Waals surface area contributed by atoms with Gasteiger partial charge in [0.1, 0.15) is 17.5 Å². The second-order valence-corrected chi connectivity index (χ2v) is 7.92. The third kappa shape index (κ3) is 3.84. The molecule has 0 aliphatic carbocycles. The van der Waals surface area contributed by atoms with Crippen LogP contribution in [0.15, 0.2) is 66.7 Å². The maximum Gasteiger partial charge on any atom is 0.231 e. The fourth-order valence-electron chi connectivity index (χ4n) is 3.97. The summed E-state index contributed by atoms with van der Waals surface area (Å²) in [6, 6.07) is 17.5. The first-order valence-electron chi connectivity index (χ1n) is 10.8. The first-order chi connectivity index (χ1) is 17.0. The minimum absolute atomic E-state index is 0.193. The Balaban J connectivity index is 1.44. The zero-order chi connectivity index (χ0) is 23.9. The van der Waals surface area contributed by atoms with Gasteiger partial charge in [-0.05, 0) is 48.0 Å². The Bertz CT molecular complexity index is 1590. The van der Waals surface area contributed by atoms with E-state index in [0.29, 0.717) is 40.4 Å². The Labute approximate surface area is 198 Å². The van der Waals surface area contributed by atoms with E-state index in [2.05, 4.69) is 20.4 Å². The summed E-state index contributed by atoms with van der Waals surface area (Å²) in [7, 11) is 0. The van der Waals surface area contributed by atoms with Crippen LogP contribution in [0.3, 0.4) is 0 Å². The highest BCUT2D eigenvalue weighted by molar-refractivity contribution is 5.99. The predicted octanol–water partition coefficient (Wildman–Crippen LogP) is 4.68. The second kappa shape index (κ2) is 8.24. The number of aromatic nitrogens is 4. The van der Waals surface area contributed by atoms with Crippen molar-refractivity contribution in [1.29, 1.82) is 0 Å². The van der Waals surface area contributed by atoms with Gasteiger partial charge in [-0.15, -0.1) is 5.10 Å². The third-order valence-corrected chi connectivity index (χ3v) is 5.61. The van der Waals surface area contributed by atoms with Gasteiger partial charge in [0.2, 0.25) is 12.7 Å². The molecule has 10 heteroatoms. The highest BCUT2D eigenvalue weighted by atomic mass is 19.1. The molecule has 8 nitrogen and oxygen atoms in total. The molecule has 2 aromatic heterocycles. The Hall–Kier alpha value is -4.73. The normalized spacial score (nSPS) is 12.3. The average molecular weight is 472 g/mol. The van der Waals surface area contributed by atoms with E-state index in [0.717, 1.165) is 5.56 Å². The molecule has 35 heavy (non-hydrogen) atoms. The second-order valence-electron chi connectivity index (χ2n) is 7.92. The quantitative estimate of drug-likeness (QED) is 0.383. The lowest BCUT2D eigenvalue weighted by Crippen LogP contribution is -2.05. The molecule has 1 aliphatic heterocycles. The number of rotatable bonds is 5. The minimum Gasteiger partial charge on any atom is -0.454 e. The molecule has 3 aromatic carbocycles. The van der Waals surface area contributed by atoms with Gasteiger partial charge in [0.05, 0.1) is 16.8 Å². The molecule has 0 bridgehead atoms. The summed E-state index contributed by atoms with van der Waals surface area (Å²) < 4.78 is 40.1. The Morgan fingerprint density at radius 3 is 2.54 bits per heavy atom. The number of hydrogen-bond donors (Lipinski definition) is 2. The number of nitrogen functional groups attached to an aromatic ring is 1. The van der Waals surface area contributed by atoms with E-state index < -0.39 is 11.6 Å². The van der Waals surface area contributed by atoms with Crippen molar-refractivity contribution in [3.8, 4) is 28.4 Å². The third-order valence-electron chi connectivity index (χ3n) is 5.61. The van der Waals surface area contributed by atoms with Gasteiger partial charge in [-0.1, -0.05) is 24.3 Å². The Kier molecular flexibility index (Phi) is 4.91. The Morgan fingerprint density at radius 2 is 1.71 bits per heavy atom. The molecule has 6 rings (SSSR count). The van der Waals surface area contributed by atoms with Crippen molar-refractivity contribution >= 4 is 22.8 Å². The number of benzene rings is 3. The summed E-state index contributed by atoms with van der Waals surface area (Å²) in [5, 5.41) is 8.12. The van der Waals surface area contributed by atoms with Crippen molar-refractivity contribution in [2.24, 2.45) is 0 Å². The van der Waals surface area contributed by atoms with Gasteiger partial charge in [0, 0.05) is 12.1 Å². The summed E-state index contributed by atoms with van der Waals surface area (Å²) in [6.07, 6.45) is 0. The topological polar surface area (TPSA) is 100 Å². The molecule has 0 unspecified atom stereocenters. The number of fused-ring (bicyclic) bond motifs is 2. The molecule has 3 heterocycles. The van der Waals surface area contributed by atoms with E-state index in [-0.39, 0.29) is 24.2 Å². The van der Waals surface area contributed by atoms with Crippen molar-refractivity contribution in [3.63, 3.8) is 0 Å². The van der Waals surface area contributed by atoms with Crippen LogP contribution in [0.2, 0.25) is 0 Å². The van der Waals surface area contributed by atoms with Gasteiger partial charge >= 0.3 is 0 Å². The number of anilines is 2. The number of ether oxygens (including phenoxy) is 2. The molecule has 3 N–H and O–H groups in total. The lowest BCUT2D eigenvalue weighted by Gasteiger charge is -2.09. The molecule has 0 saturated heterocycles. The van der Waals surface area contributed by atoms with Crippen LogP contribution >= 0.6 is 0 Å². The standard InChI is InChI=1S/C25H18F2N6O2/c26-16-4-1-3-15(10-16)22-21-23(28)33(18-6-2-5-17(27)11-18)32-24(21)31-25(30-22)29-12-14-7-8-19-20(9-14)35-13-34-19/h1-11H,12-13,28H2,(H,29,31,32). The molecular formula is C25H18F2N6O2. The van der Waals surface area contributed by atoms with Gasteiger partial charge in [-0.3, -0.25) is 0 Å². The predicted molar refractivity (Wildman–Crippen MR) is 126 cm³/mol. The van der Waals surface area contributed by atoms with Crippen LogP contribution in [0.5, 0.6) is 11.5 Å². The molecule has 0 amide bonds. The van der Waals surface area contributed by atoms with E-state index in [4.69, 9.17) is 15.2 Å². The van der Waals surface area contributed by atoms with Crippen molar-refractivity contribution in [1.82, 2.24) is 19.7 Å². The van der Waals surface area contributed by atoms with Gasteiger partial charge in [0.15, 0.2) is 17.1 Å². The van der Waals surface area contributed by atoms with Crippen molar-refractivity contribution in [2.45, 2.75) is 6.54 Å². The molecule has 5 aromatic rings. The molecule has 1 aliphatic rings. The summed E-state index contributed by atoms with van der Waals surface area (Å²) in [4.78, 5) is 9.16. The molecular weight excluding hydrogens is 454 g/mol. The van der Waals surface area contributed by atoms with Crippen molar-refractivity contribution in [2.75, 3.05) is 17.8 Å². The maximum absolute atomic E-state index is 14.1. The van der Waals surface area contributed by atoms with E-state index in [1.807, 2.05) is 18.2 Å². The zero-order valence-corrected chi connectivity index (χ0v) is 18.2. The van der Waals surface area contributed by atoms with Crippen molar-refractivity contribution < 1.29 is 18.3 Å². The first kappa shape index (κ1) is 20.8. The summed E-state index contributed by atoms with van der Waals surface area (Å²) in [6.45, 7) is 0.587. The molecule has 174 valence electrons. The van der Waals surface area contributed by atoms with Crippen LogP contribution in [0, 0.1) is 11.6 Å². The molecule has 0 radical (unpaired) electrons. The van der Waals surface area contributed by atoms with Crippen LogP contribution in [0.1, 0.15) is 5.56 Å². The van der Waals surface area contributed by atoms with Gasteiger partial charge in [0.25, 0.3) is 0 Å². The number of nitrogens with one attached hydrogen (secondary N) is 1. The van der Waals surface area contributed by atoms with Crippen LogP contribution in [0.25, 0.3) is 28.0 Å². The smallest absolute Gasteiger partial charge is 0.231 e. The number of nitrogens with two attached hydrogens (primary N) is 1. The van der Waals surface area contributed by atoms with Crippen LogP contribution in [0.4, 0.5) is 20.5 Å². The molecule has 0 fully saturated rings. The minimum atomic E-state index is -0.427. The summed E-state index contributed by atoms with van der Waals surface area (Å²) in [5.74, 6) is 1.01. The van der Waals surface area contributed by atoms with Crippen LogP contribution < -0.4 is 20.5 Å². The van der Waals surface area contributed by atoms with Gasteiger partial charge in [-0.2, -0.15) is 4.98 Å². The van der Waals surface area contributed by atoms with Crippen LogP contribution in [-0.2, 0) is 6.54 Å². The zero-order valence-electron chi connectivity index (χ0n) is 18.2. The molecule has 0 spiro atoms. The monoisotopic (exact) mass is 472 g/mol.